The van der Waals surface area contributed by atoms with Crippen LogP contribution in [0.15, 0.2) is 29.4 Å². The van der Waals surface area contributed by atoms with Gasteiger partial charge in [0.2, 0.25) is 0 Å². The summed E-state index contributed by atoms with van der Waals surface area (Å²) in [6, 6.07) is 0.460. The molecular formula is C14H25N5. The number of likely N-dealkylation sites (tertiary alicyclic amines) is 1. The van der Waals surface area contributed by atoms with Crippen molar-refractivity contribution in [2.24, 2.45) is 4.99 Å². The van der Waals surface area contributed by atoms with Gasteiger partial charge in [-0.3, -0.25) is 10.4 Å². The largest absolute Gasteiger partial charge is 0.355 e. The van der Waals surface area contributed by atoms with Gasteiger partial charge < -0.3 is 15.5 Å². The number of hydrogen-bond donors (Lipinski definition) is 3. The third-order valence-corrected chi connectivity index (χ3v) is 3.41. The molecule has 0 aromatic rings. The van der Waals surface area contributed by atoms with Crippen LogP contribution in [-0.4, -0.2) is 49.8 Å². The molecule has 1 aliphatic heterocycles. The Labute approximate surface area is 116 Å². The molecule has 0 aliphatic carbocycles. The number of rotatable bonds is 4. The van der Waals surface area contributed by atoms with E-state index in [1.54, 1.807) is 13.2 Å². The highest BCUT2D eigenvalue weighted by Gasteiger charge is 2.23. The maximum absolute atomic E-state index is 8.39. The van der Waals surface area contributed by atoms with Gasteiger partial charge in [0.15, 0.2) is 0 Å². The summed E-state index contributed by atoms with van der Waals surface area (Å²) in [7, 11) is 3.70. The van der Waals surface area contributed by atoms with Crippen molar-refractivity contribution in [3.63, 3.8) is 0 Å². The monoisotopic (exact) mass is 263 g/mol. The van der Waals surface area contributed by atoms with Crippen LogP contribution in [0.25, 0.3) is 0 Å². The molecule has 0 amide bonds. The average Bonchev–Trinajstić information content (AvgIpc) is 2.46. The van der Waals surface area contributed by atoms with Crippen molar-refractivity contribution in [1.82, 2.24) is 15.5 Å². The molecule has 1 rings (SSSR count). The standard InChI is InChI=1S/C14H25N5/c1-5-12(14(17-4)18-6-2)13(15)19-9-7-8-11(10-19)16-3/h5-6,11,15-16H,2,7-10H2,1,3-4H3,(H,17,18). The van der Waals surface area contributed by atoms with Crippen LogP contribution in [0.3, 0.4) is 0 Å². The molecule has 0 bridgehead atoms. The van der Waals surface area contributed by atoms with E-state index in [2.05, 4.69) is 27.1 Å². The van der Waals surface area contributed by atoms with E-state index < -0.39 is 0 Å². The molecule has 0 aromatic carbocycles. The Morgan fingerprint density at radius 1 is 1.53 bits per heavy atom. The van der Waals surface area contributed by atoms with Crippen molar-refractivity contribution in [3.8, 4) is 0 Å². The van der Waals surface area contributed by atoms with Gasteiger partial charge in [0.25, 0.3) is 0 Å². The number of hydrogen-bond acceptors (Lipinski definition) is 3. The minimum Gasteiger partial charge on any atom is -0.355 e. The smallest absolute Gasteiger partial charge is 0.135 e. The predicted octanol–water partition coefficient (Wildman–Crippen LogP) is 1.36. The third-order valence-electron chi connectivity index (χ3n) is 3.41. The first kappa shape index (κ1) is 15.4. The van der Waals surface area contributed by atoms with Gasteiger partial charge in [-0.1, -0.05) is 12.7 Å². The third kappa shape index (κ3) is 3.92. The first-order valence-electron chi connectivity index (χ1n) is 6.70. The normalized spacial score (nSPS) is 21.2. The van der Waals surface area contributed by atoms with E-state index >= 15 is 0 Å². The van der Waals surface area contributed by atoms with Gasteiger partial charge in [-0.15, -0.1) is 0 Å². The SMILES string of the molecule is C=CNC(=NC)C(=CC)C(=N)N1CCCC(NC)C1. The second-order valence-corrected chi connectivity index (χ2v) is 4.55. The van der Waals surface area contributed by atoms with Gasteiger partial charge >= 0.3 is 0 Å². The van der Waals surface area contributed by atoms with Crippen LogP contribution in [0.5, 0.6) is 0 Å². The lowest BCUT2D eigenvalue weighted by Crippen LogP contribution is -2.48. The first-order valence-corrected chi connectivity index (χ1v) is 6.70. The number of nitrogens with one attached hydrogen (secondary N) is 3. The van der Waals surface area contributed by atoms with E-state index in [4.69, 9.17) is 5.41 Å². The molecular weight excluding hydrogens is 238 g/mol. The summed E-state index contributed by atoms with van der Waals surface area (Å²) >= 11 is 0. The summed E-state index contributed by atoms with van der Waals surface area (Å²) in [6.45, 7) is 7.38. The summed E-state index contributed by atoms with van der Waals surface area (Å²) in [4.78, 5) is 6.29. The van der Waals surface area contributed by atoms with Crippen molar-refractivity contribution in [1.29, 1.82) is 5.41 Å². The highest BCUT2D eigenvalue weighted by Crippen LogP contribution is 2.13. The molecule has 1 saturated heterocycles. The van der Waals surface area contributed by atoms with Crippen LogP contribution >= 0.6 is 0 Å². The Kier molecular flexibility index (Phi) is 6.29. The summed E-state index contributed by atoms with van der Waals surface area (Å²) in [5.41, 5.74) is 0.819. The molecule has 3 N–H and O–H groups in total. The highest BCUT2D eigenvalue weighted by molar-refractivity contribution is 6.21. The second kappa shape index (κ2) is 7.74. The fraction of sp³-hybridized carbons (Fsp3) is 0.571. The van der Waals surface area contributed by atoms with Crippen molar-refractivity contribution in [2.45, 2.75) is 25.8 Å². The number of piperidine rings is 1. The first-order chi connectivity index (χ1) is 9.17. The molecule has 0 aromatic heterocycles. The van der Waals surface area contributed by atoms with Crippen LogP contribution in [0.2, 0.25) is 0 Å². The zero-order valence-electron chi connectivity index (χ0n) is 12.2. The lowest BCUT2D eigenvalue weighted by molar-refractivity contribution is 0.285. The van der Waals surface area contributed by atoms with E-state index in [-0.39, 0.29) is 0 Å². The molecule has 1 heterocycles. The Morgan fingerprint density at radius 3 is 2.79 bits per heavy atom. The summed E-state index contributed by atoms with van der Waals surface area (Å²) < 4.78 is 0. The molecule has 1 aliphatic rings. The molecule has 19 heavy (non-hydrogen) atoms. The number of nitrogens with zero attached hydrogens (tertiary/aromatic N) is 2. The molecule has 106 valence electrons. The van der Waals surface area contributed by atoms with E-state index in [1.807, 2.05) is 20.0 Å². The van der Waals surface area contributed by atoms with Gasteiger partial charge in [0.05, 0.1) is 5.57 Å². The van der Waals surface area contributed by atoms with Crippen molar-refractivity contribution in [3.05, 3.63) is 24.4 Å². The number of likely N-dealkylation sites (N-methyl/N-ethyl adjacent to an activating group) is 1. The van der Waals surface area contributed by atoms with Crippen molar-refractivity contribution in [2.75, 3.05) is 27.2 Å². The number of amidine groups is 2. The molecule has 1 fully saturated rings. The van der Waals surface area contributed by atoms with Crippen LogP contribution in [0.4, 0.5) is 0 Å². The van der Waals surface area contributed by atoms with Crippen LogP contribution < -0.4 is 10.6 Å². The maximum Gasteiger partial charge on any atom is 0.135 e. The molecule has 0 saturated carbocycles. The van der Waals surface area contributed by atoms with Gasteiger partial charge in [0.1, 0.15) is 11.7 Å². The van der Waals surface area contributed by atoms with Crippen molar-refractivity contribution >= 4 is 11.7 Å². The second-order valence-electron chi connectivity index (χ2n) is 4.55. The van der Waals surface area contributed by atoms with Crippen LogP contribution in [-0.2, 0) is 0 Å². The molecule has 5 heteroatoms. The Hall–Kier alpha value is -1.62. The molecule has 1 unspecified atom stereocenters. The average molecular weight is 263 g/mol. The van der Waals surface area contributed by atoms with E-state index in [1.165, 1.54) is 6.42 Å². The van der Waals surface area contributed by atoms with Crippen molar-refractivity contribution < 1.29 is 0 Å². The molecule has 0 spiro atoms. The Morgan fingerprint density at radius 2 is 2.26 bits per heavy atom. The van der Waals surface area contributed by atoms with Gasteiger partial charge in [-0.05, 0) is 33.0 Å². The zero-order valence-corrected chi connectivity index (χ0v) is 12.2. The maximum atomic E-state index is 8.39. The molecule has 1 atom stereocenters. The lowest BCUT2D eigenvalue weighted by atomic mass is 10.0. The Bertz CT molecular complexity index is 383. The number of aliphatic imine (C=N–C) groups is 1. The van der Waals surface area contributed by atoms with Gasteiger partial charge in [0, 0.05) is 26.2 Å². The fourth-order valence-corrected chi connectivity index (χ4v) is 2.33. The number of allylic oxidation sites excluding steroid dienone is 1. The topological polar surface area (TPSA) is 63.5 Å². The lowest BCUT2D eigenvalue weighted by Gasteiger charge is -2.35. The highest BCUT2D eigenvalue weighted by atomic mass is 15.2. The quantitative estimate of drug-likeness (QED) is 0.530. The molecule has 0 radical (unpaired) electrons. The van der Waals surface area contributed by atoms with Crippen LogP contribution in [0, 0.1) is 5.41 Å². The van der Waals surface area contributed by atoms with E-state index in [0.717, 1.165) is 25.1 Å². The van der Waals surface area contributed by atoms with Gasteiger partial charge in [-0.2, -0.15) is 0 Å². The van der Waals surface area contributed by atoms with Crippen LogP contribution in [0.1, 0.15) is 19.8 Å². The van der Waals surface area contributed by atoms with E-state index in [9.17, 15) is 0 Å². The summed E-state index contributed by atoms with van der Waals surface area (Å²) in [6.07, 6.45) is 5.79. The minimum absolute atomic E-state index is 0.460. The summed E-state index contributed by atoms with van der Waals surface area (Å²) in [5, 5.41) is 14.7. The Balaban J connectivity index is 2.81. The van der Waals surface area contributed by atoms with Gasteiger partial charge in [-0.25, -0.2) is 0 Å². The minimum atomic E-state index is 0.460. The fourth-order valence-electron chi connectivity index (χ4n) is 2.33. The zero-order chi connectivity index (χ0) is 14.3. The predicted molar refractivity (Wildman–Crippen MR) is 81.8 cm³/mol. The van der Waals surface area contributed by atoms with E-state index in [0.29, 0.717) is 17.7 Å². The summed E-state index contributed by atoms with van der Waals surface area (Å²) in [5.74, 6) is 1.21. The molecule has 5 nitrogen and oxygen atoms in total.